The third kappa shape index (κ3) is 4.14. The van der Waals surface area contributed by atoms with Gasteiger partial charge in [0.1, 0.15) is 11.4 Å². The van der Waals surface area contributed by atoms with Gasteiger partial charge >= 0.3 is 0 Å². The summed E-state index contributed by atoms with van der Waals surface area (Å²) in [5, 5.41) is 1.39. The van der Waals surface area contributed by atoms with Crippen molar-refractivity contribution in [3.05, 3.63) is 100.0 Å². The van der Waals surface area contributed by atoms with Crippen LogP contribution in [0.15, 0.2) is 77.6 Å². The van der Waals surface area contributed by atoms with Crippen molar-refractivity contribution in [2.45, 2.75) is 13.3 Å². The molecule has 4 aromatic rings. The number of aryl methyl sites for hydroxylation is 1. The molecule has 0 bridgehead atoms. The van der Waals surface area contributed by atoms with Gasteiger partial charge in [-0.05, 0) is 47.6 Å². The predicted octanol–water partition coefficient (Wildman–Crippen LogP) is 4.84. The molecule has 0 saturated heterocycles. The van der Waals surface area contributed by atoms with Crippen LogP contribution in [0.4, 0.5) is 0 Å². The van der Waals surface area contributed by atoms with Crippen molar-refractivity contribution in [2.24, 2.45) is 7.05 Å². The van der Waals surface area contributed by atoms with Crippen LogP contribution in [0.2, 0.25) is 0 Å². The fourth-order valence-corrected chi connectivity index (χ4v) is 4.32. The first-order valence-electron chi connectivity index (χ1n) is 11.0. The SMILES string of the molecule is COc1ccccc1CCN(C)C(=O)c1c(-c2ccccc2C)c2ccccc2c(=O)n1C. The Bertz CT molecular complexity index is 1390. The second-order valence-electron chi connectivity index (χ2n) is 8.24. The summed E-state index contributed by atoms with van der Waals surface area (Å²) in [6.45, 7) is 2.52. The highest BCUT2D eigenvalue weighted by Gasteiger charge is 2.25. The number of hydrogen-bond donors (Lipinski definition) is 0. The molecule has 0 aliphatic rings. The van der Waals surface area contributed by atoms with Crippen LogP contribution in [0, 0.1) is 6.92 Å². The van der Waals surface area contributed by atoms with E-state index in [1.165, 1.54) is 4.57 Å². The van der Waals surface area contributed by atoms with Gasteiger partial charge in [0.25, 0.3) is 11.5 Å². The minimum absolute atomic E-state index is 0.176. The second-order valence-corrected chi connectivity index (χ2v) is 8.24. The van der Waals surface area contributed by atoms with Crippen molar-refractivity contribution < 1.29 is 9.53 Å². The fraction of sp³-hybridized carbons (Fsp3) is 0.214. The number of hydrogen-bond acceptors (Lipinski definition) is 3. The molecule has 0 spiro atoms. The Morgan fingerprint density at radius 3 is 2.30 bits per heavy atom. The van der Waals surface area contributed by atoms with E-state index >= 15 is 0 Å². The quantitative estimate of drug-likeness (QED) is 0.431. The monoisotopic (exact) mass is 440 g/mol. The third-order valence-corrected chi connectivity index (χ3v) is 6.18. The molecule has 0 fully saturated rings. The molecule has 0 N–H and O–H groups in total. The van der Waals surface area contributed by atoms with E-state index in [-0.39, 0.29) is 11.5 Å². The highest BCUT2D eigenvalue weighted by atomic mass is 16.5. The standard InChI is InChI=1S/C28H28N2O3/c1-19-11-5-7-13-21(19)25-22-14-8-9-15-23(22)27(31)30(3)26(25)28(32)29(2)18-17-20-12-6-10-16-24(20)33-4/h5-16H,17-18H2,1-4H3. The first kappa shape index (κ1) is 22.3. The highest BCUT2D eigenvalue weighted by Crippen LogP contribution is 2.33. The van der Waals surface area contributed by atoms with E-state index in [2.05, 4.69) is 0 Å². The molecule has 0 aliphatic heterocycles. The average molecular weight is 441 g/mol. The Kier molecular flexibility index (Phi) is 6.31. The molecule has 168 valence electrons. The van der Waals surface area contributed by atoms with Crippen LogP contribution in [-0.2, 0) is 13.5 Å². The molecule has 5 heteroatoms. The number of aromatic nitrogens is 1. The zero-order valence-corrected chi connectivity index (χ0v) is 19.5. The van der Waals surface area contributed by atoms with Gasteiger partial charge in [0.05, 0.1) is 7.11 Å². The number of pyridine rings is 1. The summed E-state index contributed by atoms with van der Waals surface area (Å²) in [4.78, 5) is 28.6. The number of carbonyl (C=O) groups is 1. The molecule has 0 aliphatic carbocycles. The van der Waals surface area contributed by atoms with Crippen molar-refractivity contribution in [2.75, 3.05) is 20.7 Å². The molecule has 33 heavy (non-hydrogen) atoms. The molecule has 0 unspecified atom stereocenters. The zero-order chi connectivity index (χ0) is 23.5. The summed E-state index contributed by atoms with van der Waals surface area (Å²) in [5.74, 6) is 0.616. The molecule has 0 saturated carbocycles. The Balaban J connectivity index is 1.82. The Morgan fingerprint density at radius 2 is 1.58 bits per heavy atom. The maximum absolute atomic E-state index is 13.8. The molecule has 1 aromatic heterocycles. The normalized spacial score (nSPS) is 10.9. The maximum atomic E-state index is 13.8. The van der Waals surface area contributed by atoms with Crippen molar-refractivity contribution in [3.63, 3.8) is 0 Å². The smallest absolute Gasteiger partial charge is 0.270 e. The van der Waals surface area contributed by atoms with Gasteiger partial charge in [0, 0.05) is 31.6 Å². The van der Waals surface area contributed by atoms with Crippen molar-refractivity contribution in [3.8, 4) is 16.9 Å². The maximum Gasteiger partial charge on any atom is 0.270 e. The highest BCUT2D eigenvalue weighted by molar-refractivity contribution is 6.08. The fourth-order valence-electron chi connectivity index (χ4n) is 4.32. The van der Waals surface area contributed by atoms with E-state index in [1.807, 2.05) is 79.7 Å². The lowest BCUT2D eigenvalue weighted by Gasteiger charge is -2.23. The van der Waals surface area contributed by atoms with Gasteiger partial charge < -0.3 is 14.2 Å². The van der Waals surface area contributed by atoms with E-state index in [0.29, 0.717) is 24.0 Å². The lowest BCUT2D eigenvalue weighted by molar-refractivity contribution is 0.0786. The Hall–Kier alpha value is -3.86. The van der Waals surface area contributed by atoms with Gasteiger partial charge in [-0.15, -0.1) is 0 Å². The molecular formula is C28H28N2O3. The zero-order valence-electron chi connectivity index (χ0n) is 19.5. The van der Waals surface area contributed by atoms with E-state index in [9.17, 15) is 9.59 Å². The van der Waals surface area contributed by atoms with Crippen LogP contribution in [0.3, 0.4) is 0 Å². The first-order valence-corrected chi connectivity index (χ1v) is 11.0. The molecule has 3 aromatic carbocycles. The lowest BCUT2D eigenvalue weighted by Crippen LogP contribution is -2.34. The van der Waals surface area contributed by atoms with E-state index in [1.54, 1.807) is 26.1 Å². The first-order chi connectivity index (χ1) is 15.9. The molecule has 1 heterocycles. The Labute approximate surface area is 193 Å². The van der Waals surface area contributed by atoms with E-state index < -0.39 is 0 Å². The molecular weight excluding hydrogens is 412 g/mol. The summed E-state index contributed by atoms with van der Waals surface area (Å²) >= 11 is 0. The van der Waals surface area contributed by atoms with Crippen LogP contribution < -0.4 is 10.3 Å². The largest absolute Gasteiger partial charge is 0.496 e. The molecule has 0 atom stereocenters. The minimum Gasteiger partial charge on any atom is -0.496 e. The van der Waals surface area contributed by atoms with Crippen molar-refractivity contribution in [1.29, 1.82) is 0 Å². The second kappa shape index (κ2) is 9.33. The number of rotatable bonds is 6. The predicted molar refractivity (Wildman–Crippen MR) is 133 cm³/mol. The van der Waals surface area contributed by atoms with Gasteiger partial charge in [0.2, 0.25) is 0 Å². The molecule has 0 radical (unpaired) electrons. The third-order valence-electron chi connectivity index (χ3n) is 6.18. The van der Waals surface area contributed by atoms with Crippen LogP contribution in [-0.4, -0.2) is 36.1 Å². The number of nitrogens with zero attached hydrogens (tertiary/aromatic N) is 2. The van der Waals surface area contributed by atoms with Crippen molar-refractivity contribution in [1.82, 2.24) is 9.47 Å². The van der Waals surface area contributed by atoms with Gasteiger partial charge in [-0.3, -0.25) is 9.59 Å². The van der Waals surface area contributed by atoms with E-state index in [0.717, 1.165) is 33.4 Å². The number of methoxy groups -OCH3 is 1. The lowest BCUT2D eigenvalue weighted by atomic mass is 9.93. The summed E-state index contributed by atoms with van der Waals surface area (Å²) in [6.07, 6.45) is 0.646. The summed E-state index contributed by atoms with van der Waals surface area (Å²) < 4.78 is 6.94. The number of fused-ring (bicyclic) bond motifs is 1. The molecule has 1 amide bonds. The Morgan fingerprint density at radius 1 is 0.939 bits per heavy atom. The van der Waals surface area contributed by atoms with Gasteiger partial charge in [-0.25, -0.2) is 0 Å². The summed E-state index contributed by atoms with van der Waals surface area (Å²) in [6, 6.07) is 23.3. The number of para-hydroxylation sites is 1. The molecule has 4 rings (SSSR count). The van der Waals surface area contributed by atoms with Gasteiger partial charge in [-0.2, -0.15) is 0 Å². The number of benzene rings is 3. The summed E-state index contributed by atoms with van der Waals surface area (Å²) in [5.41, 5.74) is 4.05. The average Bonchev–Trinajstić information content (AvgIpc) is 2.85. The summed E-state index contributed by atoms with van der Waals surface area (Å²) in [7, 11) is 5.10. The van der Waals surface area contributed by atoms with E-state index in [4.69, 9.17) is 4.74 Å². The van der Waals surface area contributed by atoms with Crippen LogP contribution >= 0.6 is 0 Å². The van der Waals surface area contributed by atoms with Crippen LogP contribution in [0.25, 0.3) is 21.9 Å². The van der Waals surface area contributed by atoms with Crippen molar-refractivity contribution >= 4 is 16.7 Å². The minimum atomic E-state index is -0.187. The number of amides is 1. The topological polar surface area (TPSA) is 51.5 Å². The number of likely N-dealkylation sites (N-methyl/N-ethyl adjacent to an activating group) is 1. The van der Waals surface area contributed by atoms with Crippen LogP contribution in [0.5, 0.6) is 5.75 Å². The van der Waals surface area contributed by atoms with Crippen LogP contribution in [0.1, 0.15) is 21.6 Å². The van der Waals surface area contributed by atoms with Gasteiger partial charge in [-0.1, -0.05) is 60.7 Å². The van der Waals surface area contributed by atoms with Gasteiger partial charge in [0.15, 0.2) is 0 Å². The number of ether oxygens (including phenoxy) is 1. The number of carbonyl (C=O) groups excluding carboxylic acids is 1. The molecule has 5 nitrogen and oxygen atoms in total.